The SMILES string of the molecule is CCN1C[C@@H](COCC2CC2)[C@]2(CCN(C(=O)N(C)C)C2)C1. The topological polar surface area (TPSA) is 36.0 Å². The van der Waals surface area contributed by atoms with E-state index in [1.165, 1.54) is 12.8 Å². The van der Waals surface area contributed by atoms with Gasteiger partial charge in [-0.2, -0.15) is 0 Å². The van der Waals surface area contributed by atoms with Gasteiger partial charge in [0.25, 0.3) is 0 Å². The van der Waals surface area contributed by atoms with Crippen molar-refractivity contribution in [3.63, 3.8) is 0 Å². The Morgan fingerprint density at radius 3 is 2.68 bits per heavy atom. The van der Waals surface area contributed by atoms with E-state index in [9.17, 15) is 4.79 Å². The standard InChI is InChI=1S/C17H31N3O2/c1-4-19-9-15(11-22-10-14-5-6-14)17(12-19)7-8-20(13-17)16(21)18(2)3/h14-15H,4-13H2,1-3H3/t15-,17+/m0/s1. The minimum absolute atomic E-state index is 0.157. The number of carbonyl (C=O) groups is 1. The minimum Gasteiger partial charge on any atom is -0.381 e. The van der Waals surface area contributed by atoms with Gasteiger partial charge in [-0.15, -0.1) is 0 Å². The summed E-state index contributed by atoms with van der Waals surface area (Å²) in [5.74, 6) is 1.40. The third-order valence-electron chi connectivity index (χ3n) is 5.74. The van der Waals surface area contributed by atoms with Crippen molar-refractivity contribution in [1.82, 2.24) is 14.7 Å². The second-order valence-corrected chi connectivity index (χ2v) is 7.72. The van der Waals surface area contributed by atoms with E-state index < -0.39 is 0 Å². The van der Waals surface area contributed by atoms with Gasteiger partial charge in [-0.3, -0.25) is 0 Å². The maximum absolute atomic E-state index is 12.3. The van der Waals surface area contributed by atoms with Crippen molar-refractivity contribution in [1.29, 1.82) is 0 Å². The van der Waals surface area contributed by atoms with Gasteiger partial charge < -0.3 is 19.4 Å². The molecule has 2 aliphatic heterocycles. The Morgan fingerprint density at radius 2 is 2.05 bits per heavy atom. The lowest BCUT2D eigenvalue weighted by Crippen LogP contribution is -2.41. The summed E-state index contributed by atoms with van der Waals surface area (Å²) in [5, 5.41) is 0. The highest BCUT2D eigenvalue weighted by Crippen LogP contribution is 2.44. The zero-order chi connectivity index (χ0) is 15.7. The first kappa shape index (κ1) is 16.1. The summed E-state index contributed by atoms with van der Waals surface area (Å²) in [6, 6.07) is 0.157. The second-order valence-electron chi connectivity index (χ2n) is 7.72. The molecule has 0 unspecified atom stereocenters. The number of ether oxygens (including phenoxy) is 1. The Hall–Kier alpha value is -0.810. The molecule has 1 spiro atoms. The molecule has 0 aromatic rings. The van der Waals surface area contributed by atoms with Crippen LogP contribution in [0.15, 0.2) is 0 Å². The van der Waals surface area contributed by atoms with Gasteiger partial charge in [-0.25, -0.2) is 4.79 Å². The fourth-order valence-electron chi connectivity index (χ4n) is 4.08. The second kappa shape index (κ2) is 6.36. The Kier molecular flexibility index (Phi) is 4.64. The molecule has 3 fully saturated rings. The predicted molar refractivity (Wildman–Crippen MR) is 86.9 cm³/mol. The lowest BCUT2D eigenvalue weighted by molar-refractivity contribution is 0.0564. The van der Waals surface area contributed by atoms with Crippen molar-refractivity contribution in [3.05, 3.63) is 0 Å². The van der Waals surface area contributed by atoms with Gasteiger partial charge >= 0.3 is 6.03 Å². The Balaban J connectivity index is 1.61. The number of carbonyl (C=O) groups excluding carboxylic acids is 1. The molecule has 5 nitrogen and oxygen atoms in total. The summed E-state index contributed by atoms with van der Waals surface area (Å²) >= 11 is 0. The van der Waals surface area contributed by atoms with E-state index in [-0.39, 0.29) is 11.4 Å². The molecule has 2 heterocycles. The van der Waals surface area contributed by atoms with Crippen molar-refractivity contribution in [3.8, 4) is 0 Å². The molecule has 3 rings (SSSR count). The van der Waals surface area contributed by atoms with Gasteiger partial charge in [0.15, 0.2) is 0 Å². The van der Waals surface area contributed by atoms with Crippen LogP contribution in [0.2, 0.25) is 0 Å². The van der Waals surface area contributed by atoms with E-state index in [0.29, 0.717) is 5.92 Å². The highest BCUT2D eigenvalue weighted by Gasteiger charge is 2.51. The Morgan fingerprint density at radius 1 is 1.27 bits per heavy atom. The molecule has 0 aromatic heterocycles. The summed E-state index contributed by atoms with van der Waals surface area (Å²) in [5.41, 5.74) is 0.255. The molecular formula is C17H31N3O2. The number of hydrogen-bond donors (Lipinski definition) is 0. The molecule has 0 bridgehead atoms. The van der Waals surface area contributed by atoms with Crippen LogP contribution in [0.1, 0.15) is 26.2 Å². The summed E-state index contributed by atoms with van der Waals surface area (Å²) in [6.45, 7) is 9.20. The van der Waals surface area contributed by atoms with E-state index in [2.05, 4.69) is 11.8 Å². The first-order chi connectivity index (χ1) is 10.5. The third kappa shape index (κ3) is 3.25. The molecule has 0 aromatic carbocycles. The number of urea groups is 1. The lowest BCUT2D eigenvalue weighted by atomic mass is 9.77. The van der Waals surface area contributed by atoms with Crippen LogP contribution >= 0.6 is 0 Å². The van der Waals surface area contributed by atoms with E-state index in [1.807, 2.05) is 19.0 Å². The van der Waals surface area contributed by atoms with Gasteiger partial charge in [-0.05, 0) is 31.7 Å². The summed E-state index contributed by atoms with van der Waals surface area (Å²) < 4.78 is 6.02. The van der Waals surface area contributed by atoms with Crippen molar-refractivity contribution < 1.29 is 9.53 Å². The first-order valence-electron chi connectivity index (χ1n) is 8.80. The van der Waals surface area contributed by atoms with Crippen LogP contribution in [0.5, 0.6) is 0 Å². The normalized spacial score (nSPS) is 32.1. The number of amides is 2. The first-order valence-corrected chi connectivity index (χ1v) is 8.80. The molecule has 2 atom stereocenters. The molecule has 2 saturated heterocycles. The lowest BCUT2D eigenvalue weighted by Gasteiger charge is -2.31. The minimum atomic E-state index is 0.157. The summed E-state index contributed by atoms with van der Waals surface area (Å²) in [6.07, 6.45) is 3.82. The van der Waals surface area contributed by atoms with Crippen LogP contribution in [-0.2, 0) is 4.74 Å². The molecule has 0 radical (unpaired) electrons. The van der Waals surface area contributed by atoms with E-state index in [0.717, 1.165) is 58.3 Å². The summed E-state index contributed by atoms with van der Waals surface area (Å²) in [7, 11) is 3.69. The van der Waals surface area contributed by atoms with Gasteiger partial charge in [-0.1, -0.05) is 6.92 Å². The number of nitrogens with zero attached hydrogens (tertiary/aromatic N) is 3. The van der Waals surface area contributed by atoms with Crippen molar-refractivity contribution >= 4 is 6.03 Å². The number of likely N-dealkylation sites (tertiary alicyclic amines) is 2. The third-order valence-corrected chi connectivity index (χ3v) is 5.74. The number of rotatable bonds is 5. The summed E-state index contributed by atoms with van der Waals surface area (Å²) in [4.78, 5) is 18.5. The van der Waals surface area contributed by atoms with Gasteiger partial charge in [0.1, 0.15) is 0 Å². The average molecular weight is 309 g/mol. The highest BCUT2D eigenvalue weighted by molar-refractivity contribution is 5.74. The largest absolute Gasteiger partial charge is 0.381 e. The van der Waals surface area contributed by atoms with Gasteiger partial charge in [0.05, 0.1) is 6.61 Å². The maximum Gasteiger partial charge on any atom is 0.319 e. The predicted octanol–water partition coefficient (Wildman–Crippen LogP) is 1.74. The van der Waals surface area contributed by atoms with E-state index >= 15 is 0 Å². The van der Waals surface area contributed by atoms with Crippen LogP contribution in [0.4, 0.5) is 4.79 Å². The van der Waals surface area contributed by atoms with Crippen molar-refractivity contribution in [2.45, 2.75) is 26.2 Å². The molecule has 126 valence electrons. The average Bonchev–Trinajstić information content (AvgIpc) is 3.13. The van der Waals surface area contributed by atoms with Crippen LogP contribution in [0.3, 0.4) is 0 Å². The zero-order valence-electron chi connectivity index (χ0n) is 14.4. The van der Waals surface area contributed by atoms with Crippen LogP contribution in [0.25, 0.3) is 0 Å². The molecule has 1 aliphatic carbocycles. The molecular weight excluding hydrogens is 278 g/mol. The molecule has 3 aliphatic rings. The molecule has 0 N–H and O–H groups in total. The smallest absolute Gasteiger partial charge is 0.319 e. The van der Waals surface area contributed by atoms with Crippen LogP contribution in [0, 0.1) is 17.3 Å². The van der Waals surface area contributed by atoms with Crippen LogP contribution in [-0.4, -0.2) is 80.8 Å². The quantitative estimate of drug-likeness (QED) is 0.776. The highest BCUT2D eigenvalue weighted by atomic mass is 16.5. The van der Waals surface area contributed by atoms with Gasteiger partial charge in [0, 0.05) is 58.2 Å². The maximum atomic E-state index is 12.3. The zero-order valence-corrected chi connectivity index (χ0v) is 14.4. The van der Waals surface area contributed by atoms with Crippen molar-refractivity contribution in [2.24, 2.45) is 17.3 Å². The molecule has 22 heavy (non-hydrogen) atoms. The number of hydrogen-bond acceptors (Lipinski definition) is 3. The fraction of sp³-hybridized carbons (Fsp3) is 0.941. The Bertz CT molecular complexity index is 411. The van der Waals surface area contributed by atoms with E-state index in [1.54, 1.807) is 4.90 Å². The molecule has 5 heteroatoms. The Labute approximate surface area is 134 Å². The van der Waals surface area contributed by atoms with Crippen LogP contribution < -0.4 is 0 Å². The van der Waals surface area contributed by atoms with Gasteiger partial charge in [0.2, 0.25) is 0 Å². The molecule has 2 amide bonds. The molecule has 1 saturated carbocycles. The van der Waals surface area contributed by atoms with E-state index in [4.69, 9.17) is 4.74 Å². The fourth-order valence-corrected chi connectivity index (χ4v) is 4.08. The van der Waals surface area contributed by atoms with Crippen molar-refractivity contribution in [2.75, 3.05) is 60.0 Å². The monoisotopic (exact) mass is 309 g/mol.